The second-order valence-electron chi connectivity index (χ2n) is 5.44. The van der Waals surface area contributed by atoms with E-state index in [9.17, 15) is 14.4 Å². The summed E-state index contributed by atoms with van der Waals surface area (Å²) in [5.41, 5.74) is 1.30. The third-order valence-corrected chi connectivity index (χ3v) is 3.52. The molecule has 1 aromatic rings. The average Bonchev–Trinajstić information content (AvgIpc) is 2.53. The molecule has 0 fully saturated rings. The predicted molar refractivity (Wildman–Crippen MR) is 94.8 cm³/mol. The monoisotopic (exact) mass is 334 g/mol. The van der Waals surface area contributed by atoms with Gasteiger partial charge < -0.3 is 16.0 Å². The first kappa shape index (κ1) is 19.6. The molecule has 0 saturated heterocycles. The summed E-state index contributed by atoms with van der Waals surface area (Å²) < 4.78 is 0. The van der Waals surface area contributed by atoms with Gasteiger partial charge in [0.05, 0.1) is 12.6 Å². The number of nitrogens with zero attached hydrogens (tertiary/aromatic N) is 1. The molecule has 0 aliphatic rings. The van der Waals surface area contributed by atoms with Crippen LogP contribution in [0.25, 0.3) is 0 Å². The molecule has 0 aromatic heterocycles. The number of benzene rings is 1. The van der Waals surface area contributed by atoms with Crippen LogP contribution in [0.3, 0.4) is 0 Å². The van der Waals surface area contributed by atoms with Crippen molar-refractivity contribution in [2.24, 2.45) is 0 Å². The molecular formula is C17H26N4O3. The SMILES string of the molecule is CCNC(=O)[C@H](C)N(CC)CC(=O)Nc1ccc(NC(C)=O)cc1. The third kappa shape index (κ3) is 6.37. The number of hydrogen-bond donors (Lipinski definition) is 3. The van der Waals surface area contributed by atoms with E-state index in [1.807, 2.05) is 13.8 Å². The Balaban J connectivity index is 2.60. The summed E-state index contributed by atoms with van der Waals surface area (Å²) in [7, 11) is 0. The summed E-state index contributed by atoms with van der Waals surface area (Å²) in [4.78, 5) is 36.8. The third-order valence-electron chi connectivity index (χ3n) is 3.52. The van der Waals surface area contributed by atoms with Crippen molar-refractivity contribution in [1.29, 1.82) is 0 Å². The van der Waals surface area contributed by atoms with Gasteiger partial charge in [0.1, 0.15) is 0 Å². The van der Waals surface area contributed by atoms with Gasteiger partial charge in [-0.05, 0) is 44.7 Å². The Morgan fingerprint density at radius 2 is 1.58 bits per heavy atom. The lowest BCUT2D eigenvalue weighted by atomic mass is 10.2. The van der Waals surface area contributed by atoms with Gasteiger partial charge in [0.2, 0.25) is 17.7 Å². The van der Waals surface area contributed by atoms with E-state index < -0.39 is 0 Å². The van der Waals surface area contributed by atoms with E-state index in [4.69, 9.17) is 0 Å². The van der Waals surface area contributed by atoms with Crippen molar-refractivity contribution in [2.75, 3.05) is 30.3 Å². The highest BCUT2D eigenvalue weighted by Crippen LogP contribution is 2.13. The maximum atomic E-state index is 12.2. The molecule has 7 nitrogen and oxygen atoms in total. The molecule has 1 atom stereocenters. The molecule has 0 heterocycles. The second kappa shape index (κ2) is 9.67. The van der Waals surface area contributed by atoms with E-state index in [0.29, 0.717) is 24.5 Å². The summed E-state index contributed by atoms with van der Waals surface area (Å²) in [6.45, 7) is 8.27. The lowest BCUT2D eigenvalue weighted by Gasteiger charge is -2.26. The zero-order chi connectivity index (χ0) is 18.1. The van der Waals surface area contributed by atoms with E-state index in [2.05, 4.69) is 16.0 Å². The molecule has 7 heteroatoms. The number of anilines is 2. The summed E-state index contributed by atoms with van der Waals surface area (Å²) in [5.74, 6) is -0.434. The minimum atomic E-state index is -0.372. The van der Waals surface area contributed by atoms with Crippen molar-refractivity contribution in [3.8, 4) is 0 Å². The minimum absolute atomic E-state index is 0.0909. The van der Waals surface area contributed by atoms with Gasteiger partial charge in [-0.1, -0.05) is 6.92 Å². The normalized spacial score (nSPS) is 11.7. The van der Waals surface area contributed by atoms with E-state index >= 15 is 0 Å². The predicted octanol–water partition coefficient (Wildman–Crippen LogP) is 1.43. The molecule has 0 saturated carbocycles. The molecule has 3 N–H and O–H groups in total. The van der Waals surface area contributed by atoms with Gasteiger partial charge >= 0.3 is 0 Å². The van der Waals surface area contributed by atoms with Crippen molar-refractivity contribution in [3.05, 3.63) is 24.3 Å². The number of amides is 3. The molecule has 1 aromatic carbocycles. The fourth-order valence-electron chi connectivity index (χ4n) is 2.24. The van der Waals surface area contributed by atoms with Gasteiger partial charge in [-0.25, -0.2) is 0 Å². The number of rotatable bonds is 8. The van der Waals surface area contributed by atoms with E-state index in [-0.39, 0.29) is 30.3 Å². The van der Waals surface area contributed by atoms with Gasteiger partial charge in [-0.15, -0.1) is 0 Å². The summed E-state index contributed by atoms with van der Waals surface area (Å²) >= 11 is 0. The van der Waals surface area contributed by atoms with Crippen LogP contribution in [0.4, 0.5) is 11.4 Å². The highest BCUT2D eigenvalue weighted by atomic mass is 16.2. The molecule has 0 radical (unpaired) electrons. The van der Waals surface area contributed by atoms with Gasteiger partial charge in [0.25, 0.3) is 0 Å². The second-order valence-corrected chi connectivity index (χ2v) is 5.44. The van der Waals surface area contributed by atoms with Crippen molar-refractivity contribution < 1.29 is 14.4 Å². The van der Waals surface area contributed by atoms with Crippen LogP contribution < -0.4 is 16.0 Å². The molecule has 24 heavy (non-hydrogen) atoms. The van der Waals surface area contributed by atoms with Crippen LogP contribution in [0.2, 0.25) is 0 Å². The summed E-state index contributed by atoms with van der Waals surface area (Å²) in [6, 6.07) is 6.49. The number of carbonyl (C=O) groups is 3. The van der Waals surface area contributed by atoms with E-state index in [1.54, 1.807) is 36.1 Å². The first-order chi connectivity index (χ1) is 11.4. The maximum absolute atomic E-state index is 12.2. The average molecular weight is 334 g/mol. The van der Waals surface area contributed by atoms with Crippen LogP contribution in [0, 0.1) is 0 Å². The fraction of sp³-hybridized carbons (Fsp3) is 0.471. The van der Waals surface area contributed by atoms with Crippen LogP contribution in [0.1, 0.15) is 27.7 Å². The van der Waals surface area contributed by atoms with Crippen LogP contribution >= 0.6 is 0 Å². The Labute approximate surface area is 142 Å². The van der Waals surface area contributed by atoms with Crippen molar-refractivity contribution >= 4 is 29.1 Å². The zero-order valence-corrected chi connectivity index (χ0v) is 14.7. The Morgan fingerprint density at radius 3 is 2.04 bits per heavy atom. The number of likely N-dealkylation sites (N-methyl/N-ethyl adjacent to an activating group) is 2. The minimum Gasteiger partial charge on any atom is -0.355 e. The highest BCUT2D eigenvalue weighted by molar-refractivity contribution is 5.93. The highest BCUT2D eigenvalue weighted by Gasteiger charge is 2.21. The molecule has 1 rings (SSSR count). The smallest absolute Gasteiger partial charge is 0.238 e. The first-order valence-electron chi connectivity index (χ1n) is 8.06. The van der Waals surface area contributed by atoms with E-state index in [0.717, 1.165) is 0 Å². The molecule has 0 spiro atoms. The Bertz CT molecular complexity index is 572. The summed E-state index contributed by atoms with van der Waals surface area (Å²) in [5, 5.41) is 8.21. The molecule has 0 aliphatic carbocycles. The lowest BCUT2D eigenvalue weighted by molar-refractivity contribution is -0.127. The molecule has 0 aliphatic heterocycles. The quantitative estimate of drug-likeness (QED) is 0.671. The summed E-state index contributed by atoms with van der Waals surface area (Å²) in [6.07, 6.45) is 0. The standard InChI is InChI=1S/C17H26N4O3/c1-5-18-17(24)12(3)21(6-2)11-16(23)20-15-9-7-14(8-10-15)19-13(4)22/h7-10,12H,5-6,11H2,1-4H3,(H,18,24)(H,19,22)(H,20,23)/t12-/m0/s1. The molecule has 132 valence electrons. The number of nitrogens with one attached hydrogen (secondary N) is 3. The van der Waals surface area contributed by atoms with Gasteiger partial charge in [0.15, 0.2) is 0 Å². The molecule has 3 amide bonds. The Kier molecular flexibility index (Phi) is 7.91. The first-order valence-corrected chi connectivity index (χ1v) is 8.06. The topological polar surface area (TPSA) is 90.5 Å². The Hall–Kier alpha value is -2.41. The van der Waals surface area contributed by atoms with Crippen molar-refractivity contribution in [1.82, 2.24) is 10.2 Å². The van der Waals surface area contributed by atoms with Crippen molar-refractivity contribution in [3.63, 3.8) is 0 Å². The molecular weight excluding hydrogens is 308 g/mol. The van der Waals surface area contributed by atoms with Crippen LogP contribution in [0.5, 0.6) is 0 Å². The fourth-order valence-corrected chi connectivity index (χ4v) is 2.24. The lowest BCUT2D eigenvalue weighted by Crippen LogP contribution is -2.47. The van der Waals surface area contributed by atoms with Gasteiger partial charge in [0, 0.05) is 24.8 Å². The van der Waals surface area contributed by atoms with Gasteiger partial charge in [-0.3, -0.25) is 19.3 Å². The van der Waals surface area contributed by atoms with Gasteiger partial charge in [-0.2, -0.15) is 0 Å². The van der Waals surface area contributed by atoms with Crippen LogP contribution in [0.15, 0.2) is 24.3 Å². The number of hydrogen-bond acceptors (Lipinski definition) is 4. The zero-order valence-electron chi connectivity index (χ0n) is 14.7. The van der Waals surface area contributed by atoms with Crippen molar-refractivity contribution in [2.45, 2.75) is 33.7 Å². The van der Waals surface area contributed by atoms with E-state index in [1.165, 1.54) is 6.92 Å². The maximum Gasteiger partial charge on any atom is 0.238 e. The van der Waals surface area contributed by atoms with Crippen LogP contribution in [-0.4, -0.2) is 48.3 Å². The van der Waals surface area contributed by atoms with Crippen LogP contribution in [-0.2, 0) is 14.4 Å². The number of carbonyl (C=O) groups excluding carboxylic acids is 3. The Morgan fingerprint density at radius 1 is 1.04 bits per heavy atom. The largest absolute Gasteiger partial charge is 0.355 e. The molecule has 0 unspecified atom stereocenters. The molecule has 0 bridgehead atoms.